The summed E-state index contributed by atoms with van der Waals surface area (Å²) in [6.07, 6.45) is 4.04. The molecule has 2 aromatic carbocycles. The van der Waals surface area contributed by atoms with Crippen LogP contribution in [0.3, 0.4) is 0 Å². The normalized spacial score (nSPS) is 13.9. The Morgan fingerprint density at radius 1 is 0.435 bits per heavy atom. The summed E-state index contributed by atoms with van der Waals surface area (Å²) in [6.45, 7) is 7.56. The molecule has 0 N–H and O–H groups in total. The van der Waals surface area contributed by atoms with E-state index in [0.29, 0.717) is 22.3 Å². The van der Waals surface area contributed by atoms with Gasteiger partial charge in [-0.1, -0.05) is 24.3 Å². The third kappa shape index (κ3) is 11.2. The standard InChI is InChI=1S/C38H66N6O2/c1-41(2,3)27-15-23-39(24-16-28-42(4,5)6)33-21-13-19-31-35(33)37(45)32-20-14-22-34(36(32)38(31)46)40(25-17-29-43(7,8)9)26-18-30-44(10,11)12/h13-14,19-22H,15-18,23-30H2,1-12H3/q+4. The fourth-order valence-electron chi connectivity index (χ4n) is 6.38. The smallest absolute Gasteiger partial charge is 0.196 e. The van der Waals surface area contributed by atoms with Crippen molar-refractivity contribution in [2.24, 2.45) is 0 Å². The molecule has 0 spiro atoms. The fourth-order valence-corrected chi connectivity index (χ4v) is 6.38. The topological polar surface area (TPSA) is 40.6 Å². The van der Waals surface area contributed by atoms with Gasteiger partial charge in [0, 0.05) is 74.4 Å². The van der Waals surface area contributed by atoms with Crippen molar-refractivity contribution in [1.29, 1.82) is 0 Å². The quantitative estimate of drug-likeness (QED) is 0.193. The third-order valence-electron chi connectivity index (χ3n) is 8.74. The molecule has 8 heteroatoms. The van der Waals surface area contributed by atoms with Crippen molar-refractivity contribution in [2.75, 3.05) is 147 Å². The van der Waals surface area contributed by atoms with Crippen LogP contribution in [-0.4, -0.2) is 166 Å². The zero-order chi connectivity index (χ0) is 34.5. The van der Waals surface area contributed by atoms with Gasteiger partial charge in [0.25, 0.3) is 0 Å². The summed E-state index contributed by atoms with van der Waals surface area (Å²) in [4.78, 5) is 33.7. The van der Waals surface area contributed by atoms with E-state index >= 15 is 0 Å². The second-order valence-electron chi connectivity index (χ2n) is 17.5. The van der Waals surface area contributed by atoms with Crippen LogP contribution >= 0.6 is 0 Å². The number of hydrogen-bond donors (Lipinski definition) is 0. The number of carbonyl (C=O) groups is 2. The average molecular weight is 639 g/mol. The van der Waals surface area contributed by atoms with Crippen LogP contribution in [0.5, 0.6) is 0 Å². The van der Waals surface area contributed by atoms with E-state index in [1.54, 1.807) is 0 Å². The summed E-state index contributed by atoms with van der Waals surface area (Å²) >= 11 is 0. The van der Waals surface area contributed by atoms with Gasteiger partial charge in [0.15, 0.2) is 11.6 Å². The lowest BCUT2D eigenvalue weighted by molar-refractivity contribution is -0.870. The molecule has 3 rings (SSSR count). The van der Waals surface area contributed by atoms with E-state index in [-0.39, 0.29) is 11.6 Å². The summed E-state index contributed by atoms with van der Waals surface area (Å²) in [5.74, 6) is -0.0501. The maximum atomic E-state index is 14.5. The number of carbonyl (C=O) groups excluding carboxylic acids is 2. The molecular weight excluding hydrogens is 572 g/mol. The average Bonchev–Trinajstić information content (AvgIpc) is 2.91. The van der Waals surface area contributed by atoms with Gasteiger partial charge in [0.05, 0.1) is 122 Å². The van der Waals surface area contributed by atoms with Crippen molar-refractivity contribution in [1.82, 2.24) is 0 Å². The summed E-state index contributed by atoms with van der Waals surface area (Å²) < 4.78 is 3.58. The zero-order valence-electron chi connectivity index (χ0n) is 31.4. The number of rotatable bonds is 18. The summed E-state index contributed by atoms with van der Waals surface area (Å²) in [5, 5.41) is 0. The van der Waals surface area contributed by atoms with Crippen LogP contribution in [0.1, 0.15) is 57.5 Å². The number of nitrogens with zero attached hydrogens (tertiary/aromatic N) is 6. The van der Waals surface area contributed by atoms with Gasteiger partial charge in [-0.25, -0.2) is 0 Å². The Hall–Kier alpha value is -2.78. The number of hydrogen-bond acceptors (Lipinski definition) is 4. The molecule has 0 amide bonds. The second-order valence-corrected chi connectivity index (χ2v) is 17.5. The molecule has 8 nitrogen and oxygen atoms in total. The molecule has 0 bridgehead atoms. The lowest BCUT2D eigenvalue weighted by Crippen LogP contribution is -2.40. The molecule has 0 aromatic heterocycles. The highest BCUT2D eigenvalue weighted by atomic mass is 16.1. The molecule has 0 fully saturated rings. The lowest BCUT2D eigenvalue weighted by Gasteiger charge is -2.34. The number of quaternary nitrogens is 4. The van der Waals surface area contributed by atoms with Gasteiger partial charge in [-0.15, -0.1) is 0 Å². The predicted octanol–water partition coefficient (Wildman–Crippen LogP) is 4.46. The first-order chi connectivity index (χ1) is 21.2. The van der Waals surface area contributed by atoms with Gasteiger partial charge in [-0.05, 0) is 12.1 Å². The van der Waals surface area contributed by atoms with Crippen LogP contribution in [0, 0.1) is 0 Å². The van der Waals surface area contributed by atoms with E-state index in [4.69, 9.17) is 0 Å². The van der Waals surface area contributed by atoms with E-state index in [1.165, 1.54) is 0 Å². The number of benzene rings is 2. The highest BCUT2D eigenvalue weighted by Crippen LogP contribution is 2.38. The van der Waals surface area contributed by atoms with Crippen LogP contribution in [0.25, 0.3) is 0 Å². The van der Waals surface area contributed by atoms with Crippen molar-refractivity contribution < 1.29 is 27.5 Å². The maximum absolute atomic E-state index is 14.5. The van der Waals surface area contributed by atoms with E-state index in [1.807, 2.05) is 24.3 Å². The largest absolute Gasteiger partial charge is 0.370 e. The van der Waals surface area contributed by atoms with Crippen molar-refractivity contribution in [3.8, 4) is 0 Å². The molecule has 1 aliphatic rings. The van der Waals surface area contributed by atoms with Crippen molar-refractivity contribution in [3.63, 3.8) is 0 Å². The molecule has 0 saturated heterocycles. The first kappa shape index (κ1) is 37.7. The van der Waals surface area contributed by atoms with Crippen LogP contribution < -0.4 is 9.80 Å². The third-order valence-corrected chi connectivity index (χ3v) is 8.74. The van der Waals surface area contributed by atoms with Gasteiger partial charge < -0.3 is 27.7 Å². The highest BCUT2D eigenvalue weighted by Gasteiger charge is 2.35. The molecule has 0 atom stereocenters. The number of anilines is 2. The molecule has 2 aromatic rings. The van der Waals surface area contributed by atoms with E-state index in [0.717, 1.165) is 107 Å². The lowest BCUT2D eigenvalue weighted by atomic mass is 9.81. The number of fused-ring (bicyclic) bond motifs is 2. The van der Waals surface area contributed by atoms with E-state index in [2.05, 4.69) is 107 Å². The van der Waals surface area contributed by atoms with Crippen LogP contribution in [0.2, 0.25) is 0 Å². The molecule has 1 aliphatic carbocycles. The highest BCUT2D eigenvalue weighted by molar-refractivity contribution is 6.31. The monoisotopic (exact) mass is 639 g/mol. The fraction of sp³-hybridized carbons (Fsp3) is 0.632. The zero-order valence-corrected chi connectivity index (χ0v) is 31.4. The molecule has 256 valence electrons. The van der Waals surface area contributed by atoms with E-state index < -0.39 is 0 Å². The summed E-state index contributed by atoms with van der Waals surface area (Å²) in [6, 6.07) is 11.8. The molecule has 0 radical (unpaired) electrons. The van der Waals surface area contributed by atoms with Gasteiger partial charge in [-0.2, -0.15) is 0 Å². The Bertz CT molecular complexity index is 1200. The molecular formula is C38H66N6O2+4. The Morgan fingerprint density at radius 3 is 0.935 bits per heavy atom. The SMILES string of the molecule is C[N+](C)(C)CCCN(CCC[N+](C)(C)C)c1cccc2c1C(=O)c1cccc(N(CCC[N+](C)(C)C)CCC[N+](C)(C)C)c1C2=O. The minimum absolute atomic E-state index is 0.0251. The van der Waals surface area contributed by atoms with Crippen LogP contribution in [0.4, 0.5) is 11.4 Å². The second kappa shape index (κ2) is 15.0. The van der Waals surface area contributed by atoms with Crippen molar-refractivity contribution in [2.45, 2.75) is 25.7 Å². The van der Waals surface area contributed by atoms with Gasteiger partial charge in [0.1, 0.15) is 0 Å². The van der Waals surface area contributed by atoms with Gasteiger partial charge in [-0.3, -0.25) is 9.59 Å². The first-order valence-corrected chi connectivity index (χ1v) is 17.2. The van der Waals surface area contributed by atoms with Crippen molar-refractivity contribution >= 4 is 22.9 Å². The molecule has 0 saturated carbocycles. The Balaban J connectivity index is 2.02. The van der Waals surface area contributed by atoms with Gasteiger partial charge in [0.2, 0.25) is 0 Å². The summed E-state index contributed by atoms with van der Waals surface area (Å²) in [7, 11) is 26.6. The molecule has 0 aliphatic heterocycles. The Morgan fingerprint density at radius 2 is 0.696 bits per heavy atom. The number of ketones is 2. The first-order valence-electron chi connectivity index (χ1n) is 17.2. The molecule has 0 heterocycles. The van der Waals surface area contributed by atoms with E-state index in [9.17, 15) is 9.59 Å². The minimum atomic E-state index is -0.0251. The Labute approximate surface area is 281 Å². The minimum Gasteiger partial charge on any atom is -0.370 e. The predicted molar refractivity (Wildman–Crippen MR) is 194 cm³/mol. The molecule has 0 unspecified atom stereocenters. The maximum Gasteiger partial charge on any atom is 0.196 e. The molecule has 46 heavy (non-hydrogen) atoms. The summed E-state index contributed by atoms with van der Waals surface area (Å²) in [5.41, 5.74) is 4.05. The van der Waals surface area contributed by atoms with Crippen molar-refractivity contribution in [3.05, 3.63) is 58.7 Å². The van der Waals surface area contributed by atoms with Crippen LogP contribution in [-0.2, 0) is 0 Å². The van der Waals surface area contributed by atoms with Crippen LogP contribution in [0.15, 0.2) is 36.4 Å². The van der Waals surface area contributed by atoms with Gasteiger partial charge >= 0.3 is 0 Å². The Kier molecular flexibility index (Phi) is 12.3.